The second kappa shape index (κ2) is 5.79. The zero-order valence-electron chi connectivity index (χ0n) is 11.8. The minimum absolute atomic E-state index is 0.392. The Morgan fingerprint density at radius 3 is 2.33 bits per heavy atom. The van der Waals surface area contributed by atoms with Crippen LogP contribution in [-0.4, -0.2) is 17.0 Å². The van der Waals surface area contributed by atoms with Crippen molar-refractivity contribution in [2.45, 2.75) is 52.0 Å². The molecule has 1 fully saturated rings. The molecular weight excluding hydrogens is 222 g/mol. The van der Waals surface area contributed by atoms with Gasteiger partial charge in [0.25, 0.3) is 0 Å². The number of nitrogens with zero attached hydrogens (tertiary/aromatic N) is 2. The highest BCUT2D eigenvalue weighted by molar-refractivity contribution is 5.15. The molecule has 1 aromatic rings. The molecule has 100 valence electrons. The Hall–Kier alpha value is -0.960. The van der Waals surface area contributed by atoms with Crippen LogP contribution in [-0.2, 0) is 0 Å². The van der Waals surface area contributed by atoms with Crippen LogP contribution in [0.1, 0.15) is 57.6 Å². The molecule has 1 aliphatic rings. The summed E-state index contributed by atoms with van der Waals surface area (Å²) in [5.74, 6) is 0.739. The van der Waals surface area contributed by atoms with E-state index in [1.165, 1.54) is 37.7 Å². The monoisotopic (exact) mass is 247 g/mol. The summed E-state index contributed by atoms with van der Waals surface area (Å²) in [5.41, 5.74) is 1.63. The Balaban J connectivity index is 2.28. The van der Waals surface area contributed by atoms with E-state index < -0.39 is 0 Å². The van der Waals surface area contributed by atoms with E-state index in [0.29, 0.717) is 11.5 Å². The van der Waals surface area contributed by atoms with Gasteiger partial charge in [-0.2, -0.15) is 0 Å². The molecule has 0 saturated heterocycles. The van der Waals surface area contributed by atoms with Crippen molar-refractivity contribution >= 4 is 0 Å². The second-order valence-electron chi connectivity index (χ2n) is 6.06. The molecule has 0 spiro atoms. The van der Waals surface area contributed by atoms with E-state index in [0.717, 1.165) is 5.92 Å². The molecule has 1 atom stereocenters. The molecule has 1 unspecified atom stereocenters. The SMILES string of the molecule is CNC(c1cncnc1)C1(CC(C)C)CCCC1. The summed E-state index contributed by atoms with van der Waals surface area (Å²) in [6, 6.07) is 0.392. The van der Waals surface area contributed by atoms with Crippen LogP contribution in [0.3, 0.4) is 0 Å². The van der Waals surface area contributed by atoms with Gasteiger partial charge in [0.1, 0.15) is 6.33 Å². The first-order chi connectivity index (χ1) is 8.68. The molecule has 1 saturated carbocycles. The Labute approximate surface area is 110 Å². The Morgan fingerprint density at radius 1 is 1.22 bits per heavy atom. The molecule has 0 aliphatic heterocycles. The summed E-state index contributed by atoms with van der Waals surface area (Å²) in [6.45, 7) is 4.66. The van der Waals surface area contributed by atoms with Crippen molar-refractivity contribution in [2.75, 3.05) is 7.05 Å². The summed E-state index contributed by atoms with van der Waals surface area (Å²) in [5, 5.41) is 3.53. The fourth-order valence-electron chi connectivity index (χ4n) is 3.79. The third-order valence-corrected chi connectivity index (χ3v) is 4.23. The molecule has 0 bridgehead atoms. The predicted octanol–water partition coefficient (Wildman–Crippen LogP) is 3.34. The van der Waals surface area contributed by atoms with Gasteiger partial charge < -0.3 is 5.32 Å². The largest absolute Gasteiger partial charge is 0.312 e. The van der Waals surface area contributed by atoms with Gasteiger partial charge >= 0.3 is 0 Å². The Bertz CT molecular complexity index is 355. The summed E-state index contributed by atoms with van der Waals surface area (Å²) in [7, 11) is 2.07. The van der Waals surface area contributed by atoms with Crippen LogP contribution in [0.4, 0.5) is 0 Å². The van der Waals surface area contributed by atoms with Crippen molar-refractivity contribution in [1.82, 2.24) is 15.3 Å². The Kier molecular flexibility index (Phi) is 4.33. The van der Waals surface area contributed by atoms with Crippen LogP contribution >= 0.6 is 0 Å². The van der Waals surface area contributed by atoms with Crippen LogP contribution in [0.5, 0.6) is 0 Å². The molecule has 2 rings (SSSR count). The fraction of sp³-hybridized carbons (Fsp3) is 0.733. The standard InChI is InChI=1S/C15H25N3/c1-12(2)8-15(6-4-5-7-15)14(16-3)13-9-17-11-18-10-13/h9-12,14,16H,4-8H2,1-3H3. The van der Waals surface area contributed by atoms with Crippen molar-refractivity contribution in [3.05, 3.63) is 24.3 Å². The average molecular weight is 247 g/mol. The van der Waals surface area contributed by atoms with Gasteiger partial charge in [-0.15, -0.1) is 0 Å². The molecule has 3 heteroatoms. The number of rotatable bonds is 5. The normalized spacial score (nSPS) is 20.2. The maximum absolute atomic E-state index is 4.18. The second-order valence-corrected chi connectivity index (χ2v) is 6.06. The maximum Gasteiger partial charge on any atom is 0.115 e. The first kappa shape index (κ1) is 13.5. The highest BCUT2D eigenvalue weighted by Crippen LogP contribution is 2.51. The lowest BCUT2D eigenvalue weighted by Gasteiger charge is -2.39. The van der Waals surface area contributed by atoms with Crippen molar-refractivity contribution in [3.8, 4) is 0 Å². The van der Waals surface area contributed by atoms with Gasteiger partial charge in [0.2, 0.25) is 0 Å². The average Bonchev–Trinajstić information content (AvgIpc) is 2.79. The topological polar surface area (TPSA) is 37.8 Å². The van der Waals surface area contributed by atoms with E-state index in [-0.39, 0.29) is 0 Å². The summed E-state index contributed by atoms with van der Waals surface area (Å²) in [6.07, 6.45) is 12.2. The third kappa shape index (κ3) is 2.72. The number of hydrogen-bond donors (Lipinski definition) is 1. The minimum Gasteiger partial charge on any atom is -0.312 e. The van der Waals surface area contributed by atoms with Crippen molar-refractivity contribution in [2.24, 2.45) is 11.3 Å². The van der Waals surface area contributed by atoms with Gasteiger partial charge in [-0.1, -0.05) is 26.7 Å². The van der Waals surface area contributed by atoms with Crippen molar-refractivity contribution < 1.29 is 0 Å². The van der Waals surface area contributed by atoms with Gasteiger partial charge in [0.15, 0.2) is 0 Å². The maximum atomic E-state index is 4.18. The van der Waals surface area contributed by atoms with Crippen LogP contribution in [0.15, 0.2) is 18.7 Å². The number of hydrogen-bond acceptors (Lipinski definition) is 3. The number of nitrogens with one attached hydrogen (secondary N) is 1. The molecule has 1 heterocycles. The van der Waals surface area contributed by atoms with E-state index in [2.05, 4.69) is 36.2 Å². The fourth-order valence-corrected chi connectivity index (χ4v) is 3.79. The molecule has 3 nitrogen and oxygen atoms in total. The molecule has 1 aromatic heterocycles. The van der Waals surface area contributed by atoms with E-state index >= 15 is 0 Å². The van der Waals surface area contributed by atoms with Gasteiger partial charge in [-0.05, 0) is 37.6 Å². The molecular formula is C15H25N3. The zero-order chi connectivity index (χ0) is 13.0. The first-order valence-corrected chi connectivity index (χ1v) is 7.10. The summed E-state index contributed by atoms with van der Waals surface area (Å²) < 4.78 is 0. The Morgan fingerprint density at radius 2 is 1.83 bits per heavy atom. The summed E-state index contributed by atoms with van der Waals surface area (Å²) >= 11 is 0. The van der Waals surface area contributed by atoms with E-state index in [1.54, 1.807) is 6.33 Å². The lowest BCUT2D eigenvalue weighted by atomic mass is 9.71. The van der Waals surface area contributed by atoms with E-state index in [4.69, 9.17) is 0 Å². The van der Waals surface area contributed by atoms with Crippen LogP contribution < -0.4 is 5.32 Å². The van der Waals surface area contributed by atoms with Gasteiger partial charge in [-0.3, -0.25) is 0 Å². The van der Waals surface area contributed by atoms with Crippen LogP contribution in [0.2, 0.25) is 0 Å². The molecule has 0 aromatic carbocycles. The zero-order valence-corrected chi connectivity index (χ0v) is 11.8. The molecule has 1 aliphatic carbocycles. The molecule has 0 radical (unpaired) electrons. The third-order valence-electron chi connectivity index (χ3n) is 4.23. The molecule has 1 N–H and O–H groups in total. The summed E-state index contributed by atoms with van der Waals surface area (Å²) in [4.78, 5) is 8.37. The predicted molar refractivity (Wildman–Crippen MR) is 74.2 cm³/mol. The van der Waals surface area contributed by atoms with E-state index in [9.17, 15) is 0 Å². The molecule has 0 amide bonds. The van der Waals surface area contributed by atoms with Crippen molar-refractivity contribution in [3.63, 3.8) is 0 Å². The van der Waals surface area contributed by atoms with Gasteiger partial charge in [-0.25, -0.2) is 9.97 Å². The van der Waals surface area contributed by atoms with Crippen molar-refractivity contribution in [1.29, 1.82) is 0 Å². The van der Waals surface area contributed by atoms with Crippen LogP contribution in [0.25, 0.3) is 0 Å². The first-order valence-electron chi connectivity index (χ1n) is 7.10. The van der Waals surface area contributed by atoms with Gasteiger partial charge in [0, 0.05) is 24.0 Å². The lowest BCUT2D eigenvalue weighted by Crippen LogP contribution is -2.36. The number of aromatic nitrogens is 2. The van der Waals surface area contributed by atoms with Crippen LogP contribution in [0, 0.1) is 11.3 Å². The van der Waals surface area contributed by atoms with E-state index in [1.807, 2.05) is 12.4 Å². The lowest BCUT2D eigenvalue weighted by molar-refractivity contribution is 0.161. The smallest absolute Gasteiger partial charge is 0.115 e. The van der Waals surface area contributed by atoms with Gasteiger partial charge in [0.05, 0.1) is 0 Å². The highest BCUT2D eigenvalue weighted by Gasteiger charge is 2.41. The quantitative estimate of drug-likeness (QED) is 0.867. The molecule has 18 heavy (non-hydrogen) atoms. The highest BCUT2D eigenvalue weighted by atomic mass is 14.9. The minimum atomic E-state index is 0.392.